The molecule has 0 bridgehead atoms. The molecule has 0 spiro atoms. The van der Waals surface area contributed by atoms with Crippen LogP contribution >= 0.6 is 0 Å². The van der Waals surface area contributed by atoms with Crippen molar-refractivity contribution in [3.63, 3.8) is 0 Å². The van der Waals surface area contributed by atoms with Crippen molar-refractivity contribution in [1.82, 2.24) is 0 Å². The van der Waals surface area contributed by atoms with Gasteiger partial charge >= 0.3 is 7.48 Å². The fourth-order valence-corrected chi connectivity index (χ4v) is 0.484. The third-order valence-corrected chi connectivity index (χ3v) is 1.01. The molecule has 0 aliphatic carbocycles. The van der Waals surface area contributed by atoms with Crippen LogP contribution < -0.4 is 0 Å². The molecule has 1 atom stereocenters. The normalized spacial score (nSPS) is 31.9. The summed E-state index contributed by atoms with van der Waals surface area (Å²) in [5, 5.41) is 0. The third-order valence-electron chi connectivity index (χ3n) is 1.01. The Bertz CT molecular complexity index is 51.7. The lowest BCUT2D eigenvalue weighted by Gasteiger charge is -2.14. The number of rotatable bonds is 0. The van der Waals surface area contributed by atoms with Gasteiger partial charge in [-0.25, -0.2) is 0 Å². The van der Waals surface area contributed by atoms with Gasteiger partial charge in [0.2, 0.25) is 0 Å². The van der Waals surface area contributed by atoms with Crippen molar-refractivity contribution < 1.29 is 9.69 Å². The smallest absolute Gasteiger partial charge is 0.311 e. The molecule has 0 aromatic heterocycles. The Morgan fingerprint density at radius 3 is 2.86 bits per heavy atom. The Morgan fingerprint density at radius 1 is 1.71 bits per heavy atom. The van der Waals surface area contributed by atoms with Crippen molar-refractivity contribution in [1.29, 1.82) is 0 Å². The van der Waals surface area contributed by atoms with E-state index in [4.69, 9.17) is 0 Å². The molecule has 1 aliphatic rings. The third kappa shape index (κ3) is 1.49. The lowest BCUT2D eigenvalue weighted by Crippen LogP contribution is -2.15. The molecule has 0 saturated carbocycles. The Morgan fingerprint density at radius 2 is 2.57 bits per heavy atom. The highest BCUT2D eigenvalue weighted by atomic mass is 17.2. The predicted octanol–water partition coefficient (Wildman–Crippen LogP) is 0.766. The van der Waals surface area contributed by atoms with Crippen LogP contribution in [0.15, 0.2) is 0 Å². The predicted molar refractivity (Wildman–Crippen MR) is 26.8 cm³/mol. The van der Waals surface area contributed by atoms with Crippen LogP contribution in [0.4, 0.5) is 0 Å². The van der Waals surface area contributed by atoms with Crippen LogP contribution in [0.5, 0.6) is 0 Å². The zero-order chi connectivity index (χ0) is 5.11. The molecule has 0 amide bonds. The van der Waals surface area contributed by atoms with E-state index in [1.54, 1.807) is 7.48 Å². The highest BCUT2D eigenvalue weighted by molar-refractivity contribution is 6.29. The van der Waals surface area contributed by atoms with Crippen molar-refractivity contribution in [2.75, 3.05) is 6.61 Å². The highest BCUT2D eigenvalue weighted by Gasteiger charge is 2.11. The second kappa shape index (κ2) is 2.33. The molecule has 1 saturated heterocycles. The van der Waals surface area contributed by atoms with Crippen LogP contribution in [0.2, 0.25) is 5.82 Å². The second-order valence-electron chi connectivity index (χ2n) is 1.82. The summed E-state index contributed by atoms with van der Waals surface area (Å²) in [6.45, 7) is 2.83. The minimum atomic E-state index is 0.564. The summed E-state index contributed by atoms with van der Waals surface area (Å²) in [5.74, 6) is 0.564. The van der Waals surface area contributed by atoms with Crippen LogP contribution in [0.1, 0.15) is 13.3 Å². The first kappa shape index (κ1) is 5.13. The van der Waals surface area contributed by atoms with Crippen molar-refractivity contribution in [3.8, 4) is 0 Å². The van der Waals surface area contributed by atoms with Gasteiger partial charge in [-0.05, 0) is 12.2 Å². The maximum absolute atomic E-state index is 4.58. The summed E-state index contributed by atoms with van der Waals surface area (Å²) in [7, 11) is 1.71. The van der Waals surface area contributed by atoms with Crippen LogP contribution in [0.3, 0.4) is 0 Å². The summed E-state index contributed by atoms with van der Waals surface area (Å²) >= 11 is 0. The fraction of sp³-hybridized carbons (Fsp3) is 1.00. The minimum absolute atomic E-state index is 0.564. The Balaban J connectivity index is 2.12. The zero-order valence-corrected chi connectivity index (χ0v) is 4.39. The van der Waals surface area contributed by atoms with Gasteiger partial charge in [0.25, 0.3) is 0 Å². The van der Waals surface area contributed by atoms with Crippen molar-refractivity contribution in [2.24, 2.45) is 0 Å². The van der Waals surface area contributed by atoms with Crippen molar-refractivity contribution in [2.45, 2.75) is 19.2 Å². The fourth-order valence-electron chi connectivity index (χ4n) is 0.484. The van der Waals surface area contributed by atoms with Crippen LogP contribution in [0, 0.1) is 0 Å². The van der Waals surface area contributed by atoms with E-state index in [0.717, 1.165) is 13.0 Å². The quantitative estimate of drug-likeness (QED) is 0.329. The van der Waals surface area contributed by atoms with Gasteiger partial charge in [-0.3, -0.25) is 4.89 Å². The first-order valence-electron chi connectivity index (χ1n) is 2.51. The molecule has 1 radical (unpaired) electrons. The molecular weight excluding hydrogens is 90.9 g/mol. The maximum atomic E-state index is 4.58. The average Bonchev–Trinajstić information content (AvgIpc) is 1.69. The van der Waals surface area contributed by atoms with Crippen LogP contribution in [-0.4, -0.2) is 14.1 Å². The van der Waals surface area contributed by atoms with Crippen molar-refractivity contribution in [3.05, 3.63) is 0 Å². The van der Waals surface area contributed by atoms with Crippen LogP contribution in [-0.2, 0) is 9.69 Å². The van der Waals surface area contributed by atoms with E-state index in [9.17, 15) is 0 Å². The first-order valence-corrected chi connectivity index (χ1v) is 2.51. The molecule has 3 heteroatoms. The summed E-state index contributed by atoms with van der Waals surface area (Å²) in [4.78, 5) is 9.14. The zero-order valence-electron chi connectivity index (χ0n) is 4.39. The molecule has 1 rings (SSSR count). The summed E-state index contributed by atoms with van der Waals surface area (Å²) in [5.41, 5.74) is 0. The summed E-state index contributed by atoms with van der Waals surface area (Å²) in [6.07, 6.45) is 1.08. The molecule has 0 aromatic carbocycles. The van der Waals surface area contributed by atoms with Crippen molar-refractivity contribution >= 4 is 7.48 Å². The standard InChI is InChI=1S/C4H8BO2/c1-4-2-3-6-7-5-4/h4H,2-3H2,1H3. The van der Waals surface area contributed by atoms with Gasteiger partial charge in [-0.1, -0.05) is 6.92 Å². The summed E-state index contributed by atoms with van der Waals surface area (Å²) < 4.78 is 0. The van der Waals surface area contributed by atoms with E-state index >= 15 is 0 Å². The summed E-state index contributed by atoms with van der Waals surface area (Å²) in [6, 6.07) is 0. The average molecular weight is 98.9 g/mol. The highest BCUT2D eigenvalue weighted by Crippen LogP contribution is 2.11. The Hall–Kier alpha value is -0.0151. The maximum Gasteiger partial charge on any atom is 0.347 e. The molecule has 39 valence electrons. The molecule has 1 aliphatic heterocycles. The molecule has 1 unspecified atom stereocenters. The number of hydrogen-bond donors (Lipinski definition) is 0. The van der Waals surface area contributed by atoms with E-state index in [1.165, 1.54) is 0 Å². The van der Waals surface area contributed by atoms with E-state index in [1.807, 2.05) is 0 Å². The minimum Gasteiger partial charge on any atom is -0.311 e. The monoisotopic (exact) mass is 99.1 g/mol. The largest absolute Gasteiger partial charge is 0.347 e. The van der Waals surface area contributed by atoms with Gasteiger partial charge in [0, 0.05) is 0 Å². The van der Waals surface area contributed by atoms with Gasteiger partial charge in [0.1, 0.15) is 0 Å². The lowest BCUT2D eigenvalue weighted by molar-refractivity contribution is -0.220. The Labute approximate surface area is 44.0 Å². The first-order chi connectivity index (χ1) is 3.39. The van der Waals surface area contributed by atoms with Gasteiger partial charge in [-0.15, -0.1) is 0 Å². The molecule has 0 aromatic rings. The van der Waals surface area contributed by atoms with E-state index in [2.05, 4.69) is 16.6 Å². The number of hydrogen-bond acceptors (Lipinski definition) is 2. The van der Waals surface area contributed by atoms with E-state index in [-0.39, 0.29) is 0 Å². The SMILES string of the molecule is CC1[B]OOCC1. The molecule has 2 nitrogen and oxygen atoms in total. The lowest BCUT2D eigenvalue weighted by atomic mass is 9.79. The molecule has 7 heavy (non-hydrogen) atoms. The molecule has 1 fully saturated rings. The van der Waals surface area contributed by atoms with Gasteiger partial charge in [0.15, 0.2) is 0 Å². The molecule has 1 heterocycles. The molecule has 0 N–H and O–H groups in total. The second-order valence-corrected chi connectivity index (χ2v) is 1.82. The topological polar surface area (TPSA) is 18.5 Å². The van der Waals surface area contributed by atoms with Gasteiger partial charge in [-0.2, -0.15) is 0 Å². The molecular formula is C4H8BO2. The van der Waals surface area contributed by atoms with Gasteiger partial charge < -0.3 is 4.81 Å². The van der Waals surface area contributed by atoms with Gasteiger partial charge in [0.05, 0.1) is 6.61 Å². The Kier molecular flexibility index (Phi) is 1.71. The van der Waals surface area contributed by atoms with E-state index < -0.39 is 0 Å². The van der Waals surface area contributed by atoms with Crippen LogP contribution in [0.25, 0.3) is 0 Å². The van der Waals surface area contributed by atoms with E-state index in [0.29, 0.717) is 5.82 Å².